The zero-order valence-corrected chi connectivity index (χ0v) is 25.2. The fraction of sp³-hybridized carbons (Fsp3) is 0.0857. The molecule has 5 aromatic carbocycles. The fourth-order valence-electron chi connectivity index (χ4n) is 5.28. The summed E-state index contributed by atoms with van der Waals surface area (Å²) < 4.78 is 16.3. The van der Waals surface area contributed by atoms with Gasteiger partial charge in [0.25, 0.3) is 0 Å². The number of fused-ring (bicyclic) bond motifs is 4. The number of nitrogens with zero attached hydrogens (tertiary/aromatic N) is 3. The second-order valence-electron chi connectivity index (χ2n) is 9.92. The summed E-state index contributed by atoms with van der Waals surface area (Å²) in [5.74, 6) is 0.838. The third-order valence-corrected chi connectivity index (χ3v) is 7.05. The number of phenolic OH excluding ortho intramolecular Hbond substituents is 1. The van der Waals surface area contributed by atoms with Crippen LogP contribution in [0.4, 0.5) is 4.39 Å². The van der Waals surface area contributed by atoms with Gasteiger partial charge < -0.3 is 14.7 Å². The Labute approximate surface area is 251 Å². The molecule has 4 nitrogen and oxygen atoms in total. The third kappa shape index (κ3) is 5.37. The summed E-state index contributed by atoms with van der Waals surface area (Å²) in [6, 6.07) is 33.7. The van der Waals surface area contributed by atoms with Gasteiger partial charge in [-0.3, -0.25) is 0 Å². The van der Waals surface area contributed by atoms with E-state index in [1.165, 1.54) is 5.56 Å². The molecule has 0 spiro atoms. The maximum absolute atomic E-state index is 14.4. The summed E-state index contributed by atoms with van der Waals surface area (Å²) in [5.41, 5.74) is 6.80. The quantitative estimate of drug-likeness (QED) is 0.144. The molecule has 0 saturated heterocycles. The molecule has 0 aliphatic heterocycles. The van der Waals surface area contributed by atoms with Crippen molar-refractivity contribution in [1.82, 2.24) is 14.5 Å². The number of para-hydroxylation sites is 3. The van der Waals surface area contributed by atoms with Gasteiger partial charge in [0.2, 0.25) is 0 Å². The molecule has 7 aromatic rings. The number of aryl methyl sites for hydroxylation is 3. The predicted molar refractivity (Wildman–Crippen MR) is 161 cm³/mol. The molecule has 2 aromatic heterocycles. The Morgan fingerprint density at radius 3 is 2.29 bits per heavy atom. The van der Waals surface area contributed by atoms with Crippen molar-refractivity contribution < 1.29 is 29.6 Å². The smallest absolute Gasteiger partial charge is 0.144 e. The van der Waals surface area contributed by atoms with Crippen molar-refractivity contribution in [1.29, 1.82) is 0 Å². The molecule has 0 fully saturated rings. The van der Waals surface area contributed by atoms with Gasteiger partial charge in [-0.05, 0) is 58.3 Å². The average Bonchev–Trinajstić information content (AvgIpc) is 3.29. The van der Waals surface area contributed by atoms with E-state index < -0.39 is 0 Å². The number of halogens is 1. The number of hydrogen-bond acceptors (Lipinski definition) is 3. The van der Waals surface area contributed by atoms with E-state index in [0.717, 1.165) is 55.4 Å². The molecule has 0 aliphatic rings. The minimum Gasteiger partial charge on any atom is -0.507 e. The molecule has 2 heterocycles. The normalized spacial score (nSPS) is 10.8. The fourth-order valence-corrected chi connectivity index (χ4v) is 5.28. The Hall–Kier alpha value is -4.38. The van der Waals surface area contributed by atoms with Crippen LogP contribution in [0.1, 0.15) is 11.1 Å². The molecule has 41 heavy (non-hydrogen) atoms. The van der Waals surface area contributed by atoms with Crippen LogP contribution in [-0.2, 0) is 27.2 Å². The Morgan fingerprint density at radius 2 is 1.54 bits per heavy atom. The van der Waals surface area contributed by atoms with E-state index in [1.54, 1.807) is 18.3 Å². The summed E-state index contributed by atoms with van der Waals surface area (Å²) in [6.07, 6.45) is 1.73. The number of phenols is 1. The van der Waals surface area contributed by atoms with Gasteiger partial charge in [-0.2, -0.15) is 0 Å². The van der Waals surface area contributed by atoms with Gasteiger partial charge in [-0.25, -0.2) is 9.37 Å². The van der Waals surface area contributed by atoms with Gasteiger partial charge in [0.1, 0.15) is 17.4 Å². The molecule has 205 valence electrons. The van der Waals surface area contributed by atoms with Crippen molar-refractivity contribution in [3.8, 4) is 28.4 Å². The molecule has 0 amide bonds. The molecule has 0 atom stereocenters. The van der Waals surface area contributed by atoms with E-state index in [9.17, 15) is 9.50 Å². The zero-order chi connectivity index (χ0) is 27.8. The van der Waals surface area contributed by atoms with Crippen LogP contribution in [0.15, 0.2) is 103 Å². The number of pyridine rings is 1. The van der Waals surface area contributed by atoms with Gasteiger partial charge in [0, 0.05) is 38.7 Å². The minimum atomic E-state index is -0.199. The number of benzene rings is 5. The maximum Gasteiger partial charge on any atom is 0.144 e. The van der Waals surface area contributed by atoms with Crippen molar-refractivity contribution in [3.63, 3.8) is 0 Å². The van der Waals surface area contributed by atoms with Gasteiger partial charge >= 0.3 is 0 Å². The predicted octanol–water partition coefficient (Wildman–Crippen LogP) is 8.55. The first-order valence-electron chi connectivity index (χ1n) is 13.1. The molecule has 0 unspecified atom stereocenters. The molecule has 6 heteroatoms. The Kier molecular flexibility index (Phi) is 7.98. The molecule has 0 saturated carbocycles. The monoisotopic (exact) mass is 717 g/mol. The summed E-state index contributed by atoms with van der Waals surface area (Å²) in [4.78, 5) is 9.13. The summed E-state index contributed by atoms with van der Waals surface area (Å²) in [5, 5.41) is 13.2. The van der Waals surface area contributed by atoms with Crippen molar-refractivity contribution in [2.45, 2.75) is 13.8 Å². The number of imidazole rings is 1. The van der Waals surface area contributed by atoms with Crippen LogP contribution >= 0.6 is 0 Å². The molecule has 0 aliphatic carbocycles. The summed E-state index contributed by atoms with van der Waals surface area (Å²) in [7, 11) is 1.96. The van der Waals surface area contributed by atoms with Crippen molar-refractivity contribution in [2.75, 3.05) is 0 Å². The van der Waals surface area contributed by atoms with Crippen molar-refractivity contribution in [2.24, 2.45) is 7.05 Å². The van der Waals surface area contributed by atoms with Crippen LogP contribution < -0.4 is 0 Å². The second kappa shape index (κ2) is 11.6. The van der Waals surface area contributed by atoms with Gasteiger partial charge in [-0.1, -0.05) is 62.4 Å². The zero-order valence-electron chi connectivity index (χ0n) is 22.8. The minimum absolute atomic E-state index is 0. The van der Waals surface area contributed by atoms with Crippen LogP contribution in [0.25, 0.3) is 55.2 Å². The van der Waals surface area contributed by atoms with E-state index in [4.69, 9.17) is 0 Å². The SMILES string of the molecule is Cc1[c-]c(-c2nccc3cc(F)c4ccccc4c23)cc(C)c1.Cn1c(-c2ccccc2O)nc2ccccc21.[Ir]. The first-order chi connectivity index (χ1) is 19.4. The van der Waals surface area contributed by atoms with Gasteiger partial charge in [0.05, 0.1) is 16.6 Å². The number of aromatic nitrogens is 3. The molecular formula is C35H27FIrN3O-. The van der Waals surface area contributed by atoms with E-state index in [1.807, 2.05) is 91.3 Å². The van der Waals surface area contributed by atoms with Crippen LogP contribution in [0.5, 0.6) is 5.75 Å². The summed E-state index contributed by atoms with van der Waals surface area (Å²) in [6.45, 7) is 4.09. The van der Waals surface area contributed by atoms with Crippen molar-refractivity contribution >= 4 is 32.6 Å². The van der Waals surface area contributed by atoms with E-state index in [2.05, 4.69) is 35.1 Å². The topological polar surface area (TPSA) is 50.9 Å². The molecule has 1 N–H and O–H groups in total. The van der Waals surface area contributed by atoms with Crippen LogP contribution in [0, 0.1) is 25.7 Å². The van der Waals surface area contributed by atoms with E-state index in [0.29, 0.717) is 5.39 Å². The van der Waals surface area contributed by atoms with Crippen LogP contribution in [0.2, 0.25) is 0 Å². The Morgan fingerprint density at radius 1 is 0.829 bits per heavy atom. The summed E-state index contributed by atoms with van der Waals surface area (Å²) >= 11 is 0. The number of rotatable bonds is 2. The van der Waals surface area contributed by atoms with Crippen LogP contribution in [0.3, 0.4) is 0 Å². The first-order valence-corrected chi connectivity index (χ1v) is 13.1. The molecule has 7 rings (SSSR count). The molecular weight excluding hydrogens is 690 g/mol. The number of hydrogen-bond donors (Lipinski definition) is 1. The standard InChI is InChI=1S/C21H15FN.C14H12N2O.Ir/c1-13-9-14(2)11-16(10-13)21-20-15(7-8-23-21)12-19(22)17-5-3-4-6-18(17)20;1-16-12-8-4-3-7-11(12)15-14(16)10-6-2-5-9-13(10)17;/h3-10,12H,1-2H3;2-9,17H,1H3;/q-1;;. The molecule has 1 radical (unpaired) electrons. The van der Waals surface area contributed by atoms with Gasteiger partial charge in [-0.15, -0.1) is 34.9 Å². The Balaban J connectivity index is 0.000000168. The number of aromatic hydroxyl groups is 1. The van der Waals surface area contributed by atoms with E-state index >= 15 is 0 Å². The average molecular weight is 717 g/mol. The van der Waals surface area contributed by atoms with E-state index in [-0.39, 0.29) is 31.7 Å². The maximum atomic E-state index is 14.4. The third-order valence-electron chi connectivity index (χ3n) is 7.05. The van der Waals surface area contributed by atoms with Crippen molar-refractivity contribution in [3.05, 3.63) is 126 Å². The van der Waals surface area contributed by atoms with Crippen LogP contribution in [-0.4, -0.2) is 19.6 Å². The first kappa shape index (κ1) is 28.2. The Bertz CT molecular complexity index is 2010. The largest absolute Gasteiger partial charge is 0.507 e. The second-order valence-corrected chi connectivity index (χ2v) is 9.92. The molecule has 0 bridgehead atoms. The van der Waals surface area contributed by atoms with Gasteiger partial charge in [0.15, 0.2) is 0 Å².